The topological polar surface area (TPSA) is 133 Å². The first-order valence-electron chi connectivity index (χ1n) is 7.60. The van der Waals surface area contributed by atoms with Crippen molar-refractivity contribution in [1.29, 1.82) is 0 Å². The Morgan fingerprint density at radius 1 is 0.875 bits per heavy atom. The van der Waals surface area contributed by atoms with Gasteiger partial charge in [0.25, 0.3) is 0 Å². The predicted molar refractivity (Wildman–Crippen MR) is 75.5 cm³/mol. The van der Waals surface area contributed by atoms with E-state index >= 15 is 0 Å². The Balaban J connectivity index is 0. The molecule has 9 heteroatoms. The largest absolute Gasteiger partial charge is 0.549 e. The summed E-state index contributed by atoms with van der Waals surface area (Å²) in [5.41, 5.74) is 0. The van der Waals surface area contributed by atoms with Crippen molar-refractivity contribution in [1.82, 2.24) is 0 Å². The van der Waals surface area contributed by atoms with Gasteiger partial charge in [0.15, 0.2) is 0 Å². The minimum atomic E-state index is -1.27. The molecule has 2 unspecified atom stereocenters. The van der Waals surface area contributed by atoms with Crippen LogP contribution < -0.4 is 10.2 Å². The van der Waals surface area contributed by atoms with Crippen molar-refractivity contribution in [3.63, 3.8) is 0 Å². The molecular formula is C15H24O8Zr. The van der Waals surface area contributed by atoms with Crippen LogP contribution in [0.5, 0.6) is 0 Å². The van der Waals surface area contributed by atoms with Crippen molar-refractivity contribution in [2.45, 2.75) is 47.0 Å². The Bertz CT molecular complexity index is 335. The van der Waals surface area contributed by atoms with E-state index < -0.39 is 47.9 Å². The third kappa shape index (κ3) is 13.5. The van der Waals surface area contributed by atoms with Crippen molar-refractivity contribution in [3.05, 3.63) is 0 Å². The average Bonchev–Trinajstić information content (AvgIpc) is 2.50. The van der Waals surface area contributed by atoms with Gasteiger partial charge in [-0.15, -0.1) is 0 Å². The number of hydrogen-bond acceptors (Lipinski definition) is 8. The third-order valence-electron chi connectivity index (χ3n) is 2.98. The summed E-state index contributed by atoms with van der Waals surface area (Å²) in [6, 6.07) is 0. The van der Waals surface area contributed by atoms with Crippen molar-refractivity contribution >= 4 is 23.5 Å². The van der Waals surface area contributed by atoms with Crippen LogP contribution in [0.2, 0.25) is 0 Å². The molecule has 24 heavy (non-hydrogen) atoms. The second kappa shape index (κ2) is 15.6. The molecular weight excluding hydrogens is 399 g/mol. The Kier molecular flexibility index (Phi) is 16.5. The number of carboxylic acid groups (broad SMARTS) is 2. The Hall–Kier alpha value is -0.917. The first kappa shape index (κ1) is 25.3. The maximum atomic E-state index is 10.4. The zero-order chi connectivity index (χ0) is 19.1. The molecule has 1 heterocycles. The van der Waals surface area contributed by atoms with Crippen LogP contribution >= 0.6 is 0 Å². The van der Waals surface area contributed by atoms with Crippen LogP contribution in [0.1, 0.15) is 47.0 Å². The van der Waals surface area contributed by atoms with Gasteiger partial charge in [-0.2, -0.15) is 0 Å². The second-order valence-electron chi connectivity index (χ2n) is 4.91. The van der Waals surface area contributed by atoms with E-state index in [-0.39, 0.29) is 11.6 Å². The standard InChI is InChI=1S/2C6H10O3.C3H6O2.Zr/c2*1-3-5(4(2)7)6(8)9;4-2-1-3-5;/h2*5H,3H2,1-2H3,(H,8,9);1-3H2;/q;;-2;+4/p-2. The van der Waals surface area contributed by atoms with Crippen molar-refractivity contribution in [2.75, 3.05) is 13.2 Å². The molecule has 1 rings (SSSR count). The third-order valence-corrected chi connectivity index (χ3v) is 4.56. The SMILES string of the molecule is C1C[O][Zr+2][O]C1.CCC(C(C)=O)C(=O)[O-].CCC(C(C)=O)C(=O)[O-]. The van der Waals surface area contributed by atoms with E-state index in [1.807, 2.05) is 0 Å². The second-order valence-corrected chi connectivity index (χ2v) is 6.74. The quantitative estimate of drug-likeness (QED) is 0.499. The zero-order valence-corrected chi connectivity index (χ0v) is 16.9. The number of hydrogen-bond donors (Lipinski definition) is 0. The van der Waals surface area contributed by atoms with Gasteiger partial charge < -0.3 is 19.8 Å². The van der Waals surface area contributed by atoms with E-state index in [1.165, 1.54) is 13.8 Å². The number of rotatable bonds is 6. The molecule has 0 N–H and O–H groups in total. The van der Waals surface area contributed by atoms with Gasteiger partial charge in [-0.3, -0.25) is 9.59 Å². The number of Topliss-reactive ketones (excluding diaryl/α,β-unsaturated/α-hetero) is 2. The fourth-order valence-corrected chi connectivity index (χ4v) is 2.89. The molecule has 0 amide bonds. The van der Waals surface area contributed by atoms with Gasteiger partial charge in [-0.05, 0) is 26.7 Å². The van der Waals surface area contributed by atoms with E-state index in [4.69, 9.17) is 5.63 Å². The van der Waals surface area contributed by atoms with Gasteiger partial charge in [0.2, 0.25) is 0 Å². The van der Waals surface area contributed by atoms with E-state index in [0.29, 0.717) is 12.8 Å². The molecule has 2 atom stereocenters. The van der Waals surface area contributed by atoms with Crippen LogP contribution in [0.4, 0.5) is 0 Å². The molecule has 136 valence electrons. The van der Waals surface area contributed by atoms with Crippen molar-refractivity contribution < 1.29 is 59.1 Å². The summed E-state index contributed by atoms with van der Waals surface area (Å²) in [4.78, 5) is 40.9. The van der Waals surface area contributed by atoms with E-state index in [0.717, 1.165) is 19.6 Å². The Labute approximate surface area is 154 Å². The van der Waals surface area contributed by atoms with Crippen LogP contribution in [0, 0.1) is 11.8 Å². The summed E-state index contributed by atoms with van der Waals surface area (Å²) in [6.07, 6.45) is 1.73. The summed E-state index contributed by atoms with van der Waals surface area (Å²) >= 11 is -0.714. The predicted octanol–water partition coefficient (Wildman–Crippen LogP) is -0.961. The number of carboxylic acids is 2. The van der Waals surface area contributed by atoms with Gasteiger partial charge in [-0.1, -0.05) is 13.8 Å². The summed E-state index contributed by atoms with van der Waals surface area (Å²) in [7, 11) is 0. The van der Waals surface area contributed by atoms with Gasteiger partial charge in [-0.25, -0.2) is 0 Å². The molecule has 0 spiro atoms. The van der Waals surface area contributed by atoms with E-state index in [2.05, 4.69) is 0 Å². The van der Waals surface area contributed by atoms with Crippen molar-refractivity contribution in [3.8, 4) is 0 Å². The first-order valence-corrected chi connectivity index (χ1v) is 9.60. The van der Waals surface area contributed by atoms with Crippen LogP contribution in [0.15, 0.2) is 0 Å². The maximum Gasteiger partial charge on any atom is 0.138 e. The maximum absolute atomic E-state index is 10.4. The van der Waals surface area contributed by atoms with Crippen LogP contribution in [0.25, 0.3) is 0 Å². The number of ketones is 2. The molecule has 0 aromatic heterocycles. The monoisotopic (exact) mass is 422 g/mol. The van der Waals surface area contributed by atoms with Gasteiger partial charge in [0.1, 0.15) is 11.6 Å². The van der Waals surface area contributed by atoms with E-state index in [9.17, 15) is 29.4 Å². The molecule has 0 aromatic carbocycles. The Morgan fingerprint density at radius 3 is 1.25 bits per heavy atom. The van der Waals surface area contributed by atoms with Gasteiger partial charge >= 0.3 is 49.4 Å². The molecule has 0 aromatic rings. The number of aliphatic carboxylic acids is 2. The number of carbonyl (C=O) groups is 4. The average molecular weight is 424 g/mol. The molecule has 1 fully saturated rings. The molecule has 1 aliphatic rings. The van der Waals surface area contributed by atoms with Crippen LogP contribution in [0.3, 0.4) is 0 Å². The zero-order valence-electron chi connectivity index (χ0n) is 14.5. The molecule has 1 aliphatic heterocycles. The molecule has 8 nitrogen and oxygen atoms in total. The summed E-state index contributed by atoms with van der Waals surface area (Å²) in [6.45, 7) is 7.69. The van der Waals surface area contributed by atoms with Crippen LogP contribution in [-0.2, 0) is 48.9 Å². The molecule has 0 bridgehead atoms. The summed E-state index contributed by atoms with van der Waals surface area (Å²) in [5.74, 6) is -5.04. The van der Waals surface area contributed by atoms with Crippen molar-refractivity contribution in [2.24, 2.45) is 11.8 Å². The van der Waals surface area contributed by atoms with Gasteiger partial charge in [0.05, 0.1) is 23.8 Å². The Morgan fingerprint density at radius 2 is 1.21 bits per heavy atom. The molecule has 0 radical (unpaired) electrons. The van der Waals surface area contributed by atoms with E-state index in [1.54, 1.807) is 13.8 Å². The summed E-state index contributed by atoms with van der Waals surface area (Å²) in [5, 5.41) is 20.1. The molecule has 0 aliphatic carbocycles. The first-order chi connectivity index (χ1) is 11.2. The number of carbonyl (C=O) groups excluding carboxylic acids is 4. The minimum absolute atomic E-state index is 0.317. The summed E-state index contributed by atoms with van der Waals surface area (Å²) < 4.78 is 10.0. The normalized spacial score (nSPS) is 14.8. The molecule has 0 saturated carbocycles. The fourth-order valence-electron chi connectivity index (χ4n) is 1.57. The minimum Gasteiger partial charge on any atom is -0.549 e. The fraction of sp³-hybridized carbons (Fsp3) is 0.733. The smallest absolute Gasteiger partial charge is 0.138 e. The van der Waals surface area contributed by atoms with Crippen LogP contribution in [-0.4, -0.2) is 36.7 Å². The van der Waals surface area contributed by atoms with Gasteiger partial charge in [0, 0.05) is 0 Å². The molecule has 1 saturated heterocycles.